The highest BCUT2D eigenvalue weighted by molar-refractivity contribution is 5.82. The van der Waals surface area contributed by atoms with E-state index in [1.165, 1.54) is 6.42 Å². The summed E-state index contributed by atoms with van der Waals surface area (Å²) in [5, 5.41) is 6.55. The standard InChI is InChI=1S/C13H25N3O/c1-2-9-16-10-3-4-12(16)13(17)15-11-5-7-14-8-6-11/h11-12,14H,2-10H2,1H3,(H,15,17). The molecule has 0 bridgehead atoms. The Hall–Kier alpha value is -0.610. The Bertz CT molecular complexity index is 251. The number of hydrogen-bond acceptors (Lipinski definition) is 3. The topological polar surface area (TPSA) is 44.4 Å². The van der Waals surface area contributed by atoms with Crippen LogP contribution in [0.25, 0.3) is 0 Å². The third-order valence-electron chi connectivity index (χ3n) is 3.86. The summed E-state index contributed by atoms with van der Waals surface area (Å²) in [6.07, 6.45) is 5.50. The molecule has 0 aliphatic carbocycles. The molecule has 2 aliphatic heterocycles. The van der Waals surface area contributed by atoms with E-state index < -0.39 is 0 Å². The van der Waals surface area contributed by atoms with Gasteiger partial charge in [0.2, 0.25) is 5.91 Å². The van der Waals surface area contributed by atoms with E-state index in [-0.39, 0.29) is 11.9 Å². The van der Waals surface area contributed by atoms with Gasteiger partial charge in [0, 0.05) is 6.04 Å². The lowest BCUT2D eigenvalue weighted by molar-refractivity contribution is -0.126. The molecule has 2 saturated heterocycles. The predicted molar refractivity (Wildman–Crippen MR) is 68.9 cm³/mol. The molecule has 2 aliphatic rings. The molecular formula is C13H25N3O. The summed E-state index contributed by atoms with van der Waals surface area (Å²) in [5.74, 6) is 0.267. The average Bonchev–Trinajstić information content (AvgIpc) is 2.79. The van der Waals surface area contributed by atoms with E-state index in [9.17, 15) is 4.79 Å². The zero-order valence-electron chi connectivity index (χ0n) is 10.9. The third-order valence-corrected chi connectivity index (χ3v) is 3.86. The summed E-state index contributed by atoms with van der Waals surface area (Å²) < 4.78 is 0. The van der Waals surface area contributed by atoms with E-state index in [0.29, 0.717) is 6.04 Å². The van der Waals surface area contributed by atoms with E-state index in [2.05, 4.69) is 22.5 Å². The smallest absolute Gasteiger partial charge is 0.237 e. The monoisotopic (exact) mass is 239 g/mol. The van der Waals surface area contributed by atoms with Crippen molar-refractivity contribution >= 4 is 5.91 Å². The van der Waals surface area contributed by atoms with Gasteiger partial charge in [0.1, 0.15) is 0 Å². The number of nitrogens with one attached hydrogen (secondary N) is 2. The minimum absolute atomic E-state index is 0.143. The lowest BCUT2D eigenvalue weighted by atomic mass is 10.1. The molecule has 1 unspecified atom stereocenters. The molecular weight excluding hydrogens is 214 g/mol. The van der Waals surface area contributed by atoms with Gasteiger partial charge in [-0.2, -0.15) is 0 Å². The van der Waals surface area contributed by atoms with Crippen molar-refractivity contribution in [3.05, 3.63) is 0 Å². The van der Waals surface area contributed by atoms with Gasteiger partial charge in [0.05, 0.1) is 6.04 Å². The minimum atomic E-state index is 0.143. The van der Waals surface area contributed by atoms with Crippen LogP contribution in [-0.2, 0) is 4.79 Å². The molecule has 0 aromatic rings. The van der Waals surface area contributed by atoms with Crippen LogP contribution in [0.15, 0.2) is 0 Å². The number of piperidine rings is 1. The number of likely N-dealkylation sites (tertiary alicyclic amines) is 1. The second-order valence-electron chi connectivity index (χ2n) is 5.23. The first-order chi connectivity index (χ1) is 8.31. The Labute approximate surface area is 104 Å². The highest BCUT2D eigenvalue weighted by Crippen LogP contribution is 2.18. The largest absolute Gasteiger partial charge is 0.352 e. The Morgan fingerprint density at radius 1 is 1.35 bits per heavy atom. The Morgan fingerprint density at radius 2 is 2.12 bits per heavy atom. The first kappa shape index (κ1) is 12.8. The molecule has 1 amide bonds. The first-order valence-electron chi connectivity index (χ1n) is 7.06. The summed E-state index contributed by atoms with van der Waals surface area (Å²) in [6.45, 7) is 6.41. The van der Waals surface area contributed by atoms with E-state index in [0.717, 1.165) is 51.9 Å². The molecule has 17 heavy (non-hydrogen) atoms. The van der Waals surface area contributed by atoms with Gasteiger partial charge in [-0.1, -0.05) is 6.92 Å². The second-order valence-corrected chi connectivity index (χ2v) is 5.23. The summed E-state index contributed by atoms with van der Waals surface area (Å²) in [4.78, 5) is 14.6. The molecule has 0 radical (unpaired) electrons. The molecule has 0 spiro atoms. The Morgan fingerprint density at radius 3 is 2.82 bits per heavy atom. The molecule has 2 heterocycles. The maximum atomic E-state index is 12.2. The van der Waals surface area contributed by atoms with Crippen molar-refractivity contribution < 1.29 is 4.79 Å². The molecule has 4 heteroatoms. The van der Waals surface area contributed by atoms with Crippen molar-refractivity contribution in [3.8, 4) is 0 Å². The van der Waals surface area contributed by atoms with E-state index in [1.54, 1.807) is 0 Å². The van der Waals surface area contributed by atoms with E-state index >= 15 is 0 Å². The fourth-order valence-electron chi connectivity index (χ4n) is 2.94. The highest BCUT2D eigenvalue weighted by atomic mass is 16.2. The van der Waals surface area contributed by atoms with Gasteiger partial charge in [-0.15, -0.1) is 0 Å². The van der Waals surface area contributed by atoms with Gasteiger partial charge >= 0.3 is 0 Å². The number of carbonyl (C=O) groups is 1. The van der Waals surface area contributed by atoms with Gasteiger partial charge in [-0.05, 0) is 58.3 Å². The zero-order valence-corrected chi connectivity index (χ0v) is 10.9. The van der Waals surface area contributed by atoms with Crippen molar-refractivity contribution in [2.24, 2.45) is 0 Å². The van der Waals surface area contributed by atoms with Gasteiger partial charge in [0.25, 0.3) is 0 Å². The lowest BCUT2D eigenvalue weighted by Gasteiger charge is -2.28. The van der Waals surface area contributed by atoms with Crippen molar-refractivity contribution in [1.29, 1.82) is 0 Å². The molecule has 98 valence electrons. The zero-order chi connectivity index (χ0) is 12.1. The van der Waals surface area contributed by atoms with Gasteiger partial charge in [-0.3, -0.25) is 9.69 Å². The van der Waals surface area contributed by atoms with Gasteiger partial charge < -0.3 is 10.6 Å². The summed E-state index contributed by atoms with van der Waals surface area (Å²) in [6, 6.07) is 0.540. The maximum Gasteiger partial charge on any atom is 0.237 e. The number of amides is 1. The third kappa shape index (κ3) is 3.42. The molecule has 0 aromatic carbocycles. The fourth-order valence-corrected chi connectivity index (χ4v) is 2.94. The summed E-state index contributed by atoms with van der Waals surface area (Å²) in [5.41, 5.74) is 0. The Kier molecular flexibility index (Phi) is 4.80. The van der Waals surface area contributed by atoms with E-state index in [4.69, 9.17) is 0 Å². The van der Waals surface area contributed by atoms with Crippen LogP contribution in [0.1, 0.15) is 39.0 Å². The minimum Gasteiger partial charge on any atom is -0.352 e. The van der Waals surface area contributed by atoms with Gasteiger partial charge in [-0.25, -0.2) is 0 Å². The molecule has 0 aromatic heterocycles. The van der Waals surface area contributed by atoms with Crippen LogP contribution in [0, 0.1) is 0 Å². The van der Waals surface area contributed by atoms with Crippen LogP contribution in [0.2, 0.25) is 0 Å². The number of carbonyl (C=O) groups excluding carboxylic acids is 1. The van der Waals surface area contributed by atoms with Crippen molar-refractivity contribution in [3.63, 3.8) is 0 Å². The quantitative estimate of drug-likeness (QED) is 0.760. The number of rotatable bonds is 4. The SMILES string of the molecule is CCCN1CCCC1C(=O)NC1CCNCC1. The van der Waals surface area contributed by atoms with Crippen molar-refractivity contribution in [1.82, 2.24) is 15.5 Å². The first-order valence-corrected chi connectivity index (χ1v) is 7.06. The summed E-state index contributed by atoms with van der Waals surface area (Å²) in [7, 11) is 0. The second kappa shape index (κ2) is 6.36. The molecule has 2 N–H and O–H groups in total. The lowest BCUT2D eigenvalue weighted by Crippen LogP contribution is -2.49. The van der Waals surface area contributed by atoms with Crippen molar-refractivity contribution in [2.45, 2.75) is 51.1 Å². The summed E-state index contributed by atoms with van der Waals surface area (Å²) >= 11 is 0. The highest BCUT2D eigenvalue weighted by Gasteiger charge is 2.31. The average molecular weight is 239 g/mol. The molecule has 4 nitrogen and oxygen atoms in total. The van der Waals surface area contributed by atoms with Crippen LogP contribution in [0.4, 0.5) is 0 Å². The number of nitrogens with zero attached hydrogens (tertiary/aromatic N) is 1. The van der Waals surface area contributed by atoms with Crippen LogP contribution in [-0.4, -0.2) is 49.1 Å². The Balaban J connectivity index is 1.81. The van der Waals surface area contributed by atoms with Crippen LogP contribution < -0.4 is 10.6 Å². The van der Waals surface area contributed by atoms with Gasteiger partial charge in [0.15, 0.2) is 0 Å². The maximum absolute atomic E-state index is 12.2. The van der Waals surface area contributed by atoms with Crippen LogP contribution in [0.5, 0.6) is 0 Å². The molecule has 2 fully saturated rings. The normalized spacial score (nSPS) is 27.2. The van der Waals surface area contributed by atoms with E-state index in [1.807, 2.05) is 0 Å². The van der Waals surface area contributed by atoms with Crippen LogP contribution >= 0.6 is 0 Å². The van der Waals surface area contributed by atoms with Crippen LogP contribution in [0.3, 0.4) is 0 Å². The predicted octanol–water partition coefficient (Wildman–Crippen LogP) is 0.729. The molecule has 0 saturated carbocycles. The fraction of sp³-hybridized carbons (Fsp3) is 0.923. The molecule has 2 rings (SSSR count). The molecule has 1 atom stereocenters. The number of hydrogen-bond donors (Lipinski definition) is 2. The van der Waals surface area contributed by atoms with Crippen molar-refractivity contribution in [2.75, 3.05) is 26.2 Å².